The molecule has 22 heavy (non-hydrogen) atoms. The van der Waals surface area contributed by atoms with Crippen molar-refractivity contribution in [1.29, 1.82) is 0 Å². The SMILES string of the molecule is NC(=O)c1ccc(N[C@H]2CCNC2)c2c1CC1=C2CCCC1. The van der Waals surface area contributed by atoms with Crippen LogP contribution in [0.5, 0.6) is 0 Å². The van der Waals surface area contributed by atoms with Crippen molar-refractivity contribution in [2.75, 3.05) is 18.4 Å². The van der Waals surface area contributed by atoms with Crippen molar-refractivity contribution in [1.82, 2.24) is 5.32 Å². The highest BCUT2D eigenvalue weighted by Crippen LogP contribution is 2.46. The van der Waals surface area contributed by atoms with E-state index in [-0.39, 0.29) is 5.91 Å². The maximum atomic E-state index is 11.8. The quantitative estimate of drug-likeness (QED) is 0.803. The molecule has 0 radical (unpaired) electrons. The molecular weight excluding hydrogens is 274 g/mol. The zero-order valence-corrected chi connectivity index (χ0v) is 12.9. The van der Waals surface area contributed by atoms with E-state index in [4.69, 9.17) is 5.73 Å². The van der Waals surface area contributed by atoms with Crippen LogP contribution in [0.3, 0.4) is 0 Å². The van der Waals surface area contributed by atoms with Crippen LogP contribution in [0.25, 0.3) is 5.57 Å². The van der Waals surface area contributed by atoms with E-state index >= 15 is 0 Å². The van der Waals surface area contributed by atoms with Crippen LogP contribution in [0, 0.1) is 0 Å². The smallest absolute Gasteiger partial charge is 0.249 e. The summed E-state index contributed by atoms with van der Waals surface area (Å²) >= 11 is 0. The Labute approximate surface area is 131 Å². The summed E-state index contributed by atoms with van der Waals surface area (Å²) in [7, 11) is 0. The van der Waals surface area contributed by atoms with Gasteiger partial charge in [-0.3, -0.25) is 4.79 Å². The molecule has 0 bridgehead atoms. The van der Waals surface area contributed by atoms with Crippen LogP contribution in [-0.4, -0.2) is 25.0 Å². The van der Waals surface area contributed by atoms with Crippen molar-refractivity contribution >= 4 is 17.2 Å². The van der Waals surface area contributed by atoms with Gasteiger partial charge in [-0.1, -0.05) is 5.57 Å². The molecule has 3 aliphatic rings. The molecule has 1 amide bonds. The zero-order chi connectivity index (χ0) is 15.1. The van der Waals surface area contributed by atoms with Gasteiger partial charge in [-0.05, 0) is 68.3 Å². The summed E-state index contributed by atoms with van der Waals surface area (Å²) in [6.07, 6.45) is 6.91. The number of carbonyl (C=O) groups is 1. The third-order valence-electron chi connectivity index (χ3n) is 5.27. The van der Waals surface area contributed by atoms with Crippen LogP contribution >= 0.6 is 0 Å². The molecule has 1 heterocycles. The highest BCUT2D eigenvalue weighted by molar-refractivity contribution is 5.99. The van der Waals surface area contributed by atoms with E-state index in [9.17, 15) is 4.79 Å². The minimum absolute atomic E-state index is 0.301. The molecule has 4 heteroatoms. The van der Waals surface area contributed by atoms with Gasteiger partial charge < -0.3 is 16.4 Å². The predicted molar refractivity (Wildman–Crippen MR) is 88.9 cm³/mol. The molecule has 1 fully saturated rings. The first-order valence-corrected chi connectivity index (χ1v) is 8.38. The highest BCUT2D eigenvalue weighted by Gasteiger charge is 2.30. The monoisotopic (exact) mass is 297 g/mol. The summed E-state index contributed by atoms with van der Waals surface area (Å²) in [5, 5.41) is 7.09. The van der Waals surface area contributed by atoms with Crippen LogP contribution in [0.15, 0.2) is 17.7 Å². The number of anilines is 1. The average Bonchev–Trinajstić information content (AvgIpc) is 3.14. The van der Waals surface area contributed by atoms with Crippen molar-refractivity contribution in [2.45, 2.75) is 44.6 Å². The molecule has 1 aliphatic heterocycles. The van der Waals surface area contributed by atoms with Crippen LogP contribution < -0.4 is 16.4 Å². The van der Waals surface area contributed by atoms with Gasteiger partial charge in [-0.2, -0.15) is 0 Å². The van der Waals surface area contributed by atoms with Gasteiger partial charge >= 0.3 is 0 Å². The summed E-state index contributed by atoms with van der Waals surface area (Å²) in [5.74, 6) is -0.301. The molecule has 4 nitrogen and oxygen atoms in total. The zero-order valence-electron chi connectivity index (χ0n) is 12.9. The van der Waals surface area contributed by atoms with E-state index in [0.29, 0.717) is 11.6 Å². The maximum absolute atomic E-state index is 11.8. The normalized spacial score (nSPS) is 23.4. The van der Waals surface area contributed by atoms with Crippen LogP contribution in [0.4, 0.5) is 5.69 Å². The number of amides is 1. The van der Waals surface area contributed by atoms with Gasteiger partial charge in [0.1, 0.15) is 0 Å². The second-order valence-corrected chi connectivity index (χ2v) is 6.68. The predicted octanol–water partition coefficient (Wildman–Crippen LogP) is 2.44. The van der Waals surface area contributed by atoms with Gasteiger partial charge in [0.2, 0.25) is 5.91 Å². The highest BCUT2D eigenvalue weighted by atomic mass is 16.1. The molecule has 0 saturated carbocycles. The summed E-state index contributed by atoms with van der Waals surface area (Å²) in [5.41, 5.74) is 13.0. The lowest BCUT2D eigenvalue weighted by atomic mass is 9.91. The lowest BCUT2D eigenvalue weighted by molar-refractivity contribution is 0.0999. The third-order valence-corrected chi connectivity index (χ3v) is 5.27. The summed E-state index contributed by atoms with van der Waals surface area (Å²) in [6.45, 7) is 2.09. The van der Waals surface area contributed by atoms with Crippen molar-refractivity contribution in [2.24, 2.45) is 5.73 Å². The fourth-order valence-electron chi connectivity index (χ4n) is 4.20. The molecule has 1 atom stereocenters. The van der Waals surface area contributed by atoms with Crippen molar-refractivity contribution in [3.8, 4) is 0 Å². The summed E-state index contributed by atoms with van der Waals surface area (Å²) in [4.78, 5) is 11.8. The van der Waals surface area contributed by atoms with Crippen molar-refractivity contribution in [3.05, 3.63) is 34.4 Å². The van der Waals surface area contributed by atoms with E-state index in [0.717, 1.165) is 37.9 Å². The maximum Gasteiger partial charge on any atom is 0.249 e. The van der Waals surface area contributed by atoms with Crippen molar-refractivity contribution in [3.63, 3.8) is 0 Å². The number of hydrogen-bond acceptors (Lipinski definition) is 3. The van der Waals surface area contributed by atoms with Gasteiger partial charge in [0, 0.05) is 29.4 Å². The van der Waals surface area contributed by atoms with E-state index < -0.39 is 0 Å². The van der Waals surface area contributed by atoms with Gasteiger partial charge in [-0.15, -0.1) is 0 Å². The largest absolute Gasteiger partial charge is 0.380 e. The number of nitrogens with one attached hydrogen (secondary N) is 2. The number of benzene rings is 1. The number of allylic oxidation sites excluding steroid dienone is 2. The van der Waals surface area contributed by atoms with Gasteiger partial charge in [0.05, 0.1) is 0 Å². The van der Waals surface area contributed by atoms with Crippen molar-refractivity contribution < 1.29 is 4.79 Å². The Hall–Kier alpha value is -1.81. The molecule has 0 unspecified atom stereocenters. The van der Waals surface area contributed by atoms with E-state index in [1.165, 1.54) is 41.7 Å². The fraction of sp³-hybridized carbons (Fsp3) is 0.500. The number of nitrogens with two attached hydrogens (primary N) is 1. The Bertz CT molecular complexity index is 657. The van der Waals surface area contributed by atoms with Crippen LogP contribution in [-0.2, 0) is 6.42 Å². The number of carbonyl (C=O) groups excluding carboxylic acids is 1. The first-order chi connectivity index (χ1) is 10.7. The number of rotatable bonds is 3. The number of fused-ring (bicyclic) bond motifs is 2. The average molecular weight is 297 g/mol. The number of hydrogen-bond donors (Lipinski definition) is 3. The Morgan fingerprint density at radius 1 is 1.27 bits per heavy atom. The van der Waals surface area contributed by atoms with E-state index in [1.54, 1.807) is 0 Å². The van der Waals surface area contributed by atoms with Crippen LogP contribution in [0.1, 0.15) is 53.6 Å². The Kier molecular flexibility index (Phi) is 3.41. The van der Waals surface area contributed by atoms with Gasteiger partial charge in [0.15, 0.2) is 0 Å². The van der Waals surface area contributed by atoms with E-state index in [2.05, 4.69) is 16.7 Å². The standard InChI is InChI=1S/C18H23N3O/c19-18(22)14-5-6-16(21-12-7-8-20-10-12)17-13-4-2-1-3-11(13)9-15(14)17/h5-6,12,20-21H,1-4,7-10H2,(H2,19,22)/t12-/m0/s1. The fourth-order valence-corrected chi connectivity index (χ4v) is 4.20. The lowest BCUT2D eigenvalue weighted by Crippen LogP contribution is -2.23. The second kappa shape index (κ2) is 5.43. The Morgan fingerprint density at radius 2 is 2.14 bits per heavy atom. The second-order valence-electron chi connectivity index (χ2n) is 6.68. The molecule has 1 aromatic carbocycles. The molecule has 0 aromatic heterocycles. The minimum atomic E-state index is -0.301. The summed E-state index contributed by atoms with van der Waals surface area (Å²) < 4.78 is 0. The molecule has 116 valence electrons. The topological polar surface area (TPSA) is 67.2 Å². The van der Waals surface area contributed by atoms with Crippen LogP contribution in [0.2, 0.25) is 0 Å². The molecule has 2 aliphatic carbocycles. The molecule has 4 N–H and O–H groups in total. The Balaban J connectivity index is 1.78. The molecular formula is C18H23N3O. The lowest BCUT2D eigenvalue weighted by Gasteiger charge is -2.20. The first-order valence-electron chi connectivity index (χ1n) is 8.38. The molecule has 0 spiro atoms. The van der Waals surface area contributed by atoms with Gasteiger partial charge in [0.25, 0.3) is 0 Å². The minimum Gasteiger partial charge on any atom is -0.380 e. The first kappa shape index (κ1) is 13.8. The molecule has 4 rings (SSSR count). The molecule has 1 aromatic rings. The van der Waals surface area contributed by atoms with E-state index in [1.807, 2.05) is 6.07 Å². The molecule has 1 saturated heterocycles. The third kappa shape index (κ3) is 2.22. The summed E-state index contributed by atoms with van der Waals surface area (Å²) in [6, 6.07) is 4.45. The Morgan fingerprint density at radius 3 is 2.91 bits per heavy atom. The number of primary amides is 1. The van der Waals surface area contributed by atoms with Gasteiger partial charge in [-0.25, -0.2) is 0 Å².